The highest BCUT2D eigenvalue weighted by Crippen LogP contribution is 2.25. The topological polar surface area (TPSA) is 87.6 Å². The maximum Gasteiger partial charge on any atom is 0.367 e. The summed E-state index contributed by atoms with van der Waals surface area (Å²) in [6.07, 6.45) is 0. The van der Waals surface area contributed by atoms with Gasteiger partial charge in [0.25, 0.3) is 0 Å². The molecule has 0 saturated heterocycles. The fraction of sp³-hybridized carbons (Fsp3) is 0.714. The van der Waals surface area contributed by atoms with Crippen molar-refractivity contribution >= 4 is 11.7 Å². The first-order valence-corrected chi connectivity index (χ1v) is 3.83. The van der Waals surface area contributed by atoms with E-state index in [1.807, 2.05) is 13.8 Å². The highest BCUT2D eigenvalue weighted by molar-refractivity contribution is 5.86. The van der Waals surface area contributed by atoms with Crippen LogP contribution in [0.25, 0.3) is 0 Å². The molecule has 0 aromatic carbocycles. The van der Waals surface area contributed by atoms with Crippen molar-refractivity contribution in [3.8, 4) is 0 Å². The number of hydrazone groups is 1. The first kappa shape index (κ1) is 8.99. The van der Waals surface area contributed by atoms with Gasteiger partial charge in [-0.2, -0.15) is 0 Å². The molecule has 0 bridgehead atoms. The lowest BCUT2D eigenvalue weighted by molar-refractivity contribution is -0.655. The molecular formula is C7H15N4O+. The van der Waals surface area contributed by atoms with Crippen molar-refractivity contribution in [1.29, 1.82) is 0 Å². The van der Waals surface area contributed by atoms with Gasteiger partial charge >= 0.3 is 5.96 Å². The normalized spacial score (nSPS) is 35.2. The predicted molar refractivity (Wildman–Crippen MR) is 46.5 cm³/mol. The minimum Gasteiger partial charge on any atom is -0.357 e. The molecule has 2 unspecified atom stereocenters. The second-order valence-electron chi connectivity index (χ2n) is 3.29. The van der Waals surface area contributed by atoms with Crippen LogP contribution in [0.2, 0.25) is 0 Å². The second kappa shape index (κ2) is 2.45. The minimum atomic E-state index is -1.09. The third kappa shape index (κ3) is 1.06. The van der Waals surface area contributed by atoms with Gasteiger partial charge in [0, 0.05) is 6.92 Å². The molecule has 5 heteroatoms. The summed E-state index contributed by atoms with van der Waals surface area (Å²) in [7, 11) is 0. The maximum absolute atomic E-state index is 9.89. The molecule has 5 nitrogen and oxygen atoms in total. The highest BCUT2D eigenvalue weighted by atomic mass is 16.3. The van der Waals surface area contributed by atoms with Gasteiger partial charge in [-0.25, -0.2) is 0 Å². The first-order valence-electron chi connectivity index (χ1n) is 3.83. The number of rotatable bonds is 0. The van der Waals surface area contributed by atoms with Gasteiger partial charge in [0.05, 0.1) is 11.6 Å². The number of hydrogen-bond donors (Lipinski definition) is 3. The van der Waals surface area contributed by atoms with Gasteiger partial charge < -0.3 is 5.11 Å². The summed E-state index contributed by atoms with van der Waals surface area (Å²) in [5, 5.41) is 13.9. The number of aliphatic hydroxyl groups is 1. The average Bonchev–Trinajstić information content (AvgIpc) is 2.13. The fourth-order valence-electron chi connectivity index (χ4n) is 1.24. The van der Waals surface area contributed by atoms with Gasteiger partial charge in [0.15, 0.2) is 0 Å². The molecular weight excluding hydrogens is 156 g/mol. The summed E-state index contributed by atoms with van der Waals surface area (Å²) < 4.78 is 1.24. The number of nitrogens with zero attached hydrogens (tertiary/aromatic N) is 2. The summed E-state index contributed by atoms with van der Waals surface area (Å²) in [5.41, 5.74) is 10.4. The summed E-state index contributed by atoms with van der Waals surface area (Å²) >= 11 is 0. The van der Waals surface area contributed by atoms with E-state index >= 15 is 0 Å². The number of hydrogen-bond acceptors (Lipinski definition) is 2. The van der Waals surface area contributed by atoms with Crippen LogP contribution in [0.15, 0.2) is 5.10 Å². The quantitative estimate of drug-likeness (QED) is 0.323. The molecule has 0 aromatic heterocycles. The van der Waals surface area contributed by atoms with Crippen molar-refractivity contribution < 1.29 is 9.79 Å². The van der Waals surface area contributed by atoms with E-state index in [2.05, 4.69) is 5.10 Å². The Morgan fingerprint density at radius 2 is 2.17 bits per heavy atom. The van der Waals surface area contributed by atoms with E-state index in [-0.39, 0.29) is 11.9 Å². The van der Waals surface area contributed by atoms with Crippen LogP contribution >= 0.6 is 0 Å². The third-order valence-electron chi connectivity index (χ3n) is 2.38. The molecule has 0 aliphatic carbocycles. The standard InChI is InChI=1S/C7H14N4O/c1-4-5(2)10-11(6(8)9)7(4,3)12/h4,12H,1-3H3,(H3,8,9)/p+1. The Bertz CT molecular complexity index is 263. The molecule has 1 heterocycles. The number of guanidine groups is 1. The molecule has 12 heavy (non-hydrogen) atoms. The monoisotopic (exact) mass is 171 g/mol. The molecule has 1 aliphatic heterocycles. The van der Waals surface area contributed by atoms with E-state index in [1.54, 1.807) is 6.92 Å². The van der Waals surface area contributed by atoms with E-state index in [0.717, 1.165) is 5.71 Å². The van der Waals surface area contributed by atoms with E-state index in [9.17, 15) is 5.11 Å². The van der Waals surface area contributed by atoms with Gasteiger partial charge in [-0.3, -0.25) is 11.5 Å². The van der Waals surface area contributed by atoms with Crippen LogP contribution in [0, 0.1) is 5.92 Å². The van der Waals surface area contributed by atoms with Crippen molar-refractivity contribution in [3.63, 3.8) is 0 Å². The zero-order valence-corrected chi connectivity index (χ0v) is 7.57. The molecule has 1 rings (SSSR count). The van der Waals surface area contributed by atoms with Crippen molar-refractivity contribution in [1.82, 2.24) is 0 Å². The molecule has 0 aromatic rings. The zero-order chi connectivity index (χ0) is 9.52. The van der Waals surface area contributed by atoms with Crippen molar-refractivity contribution in [2.24, 2.45) is 22.5 Å². The van der Waals surface area contributed by atoms with Crippen LogP contribution in [-0.4, -0.2) is 27.2 Å². The van der Waals surface area contributed by atoms with E-state index in [0.29, 0.717) is 0 Å². The Balaban J connectivity index is 3.17. The second-order valence-corrected chi connectivity index (χ2v) is 3.29. The fourth-order valence-corrected chi connectivity index (χ4v) is 1.24. The average molecular weight is 171 g/mol. The Morgan fingerprint density at radius 3 is 2.33 bits per heavy atom. The zero-order valence-electron chi connectivity index (χ0n) is 7.57. The summed E-state index contributed by atoms with van der Waals surface area (Å²) in [5.74, 6) is -0.0386. The van der Waals surface area contributed by atoms with Crippen molar-refractivity contribution in [2.45, 2.75) is 26.5 Å². The van der Waals surface area contributed by atoms with Gasteiger partial charge in [-0.1, -0.05) is 6.92 Å². The molecule has 5 N–H and O–H groups in total. The van der Waals surface area contributed by atoms with Crippen molar-refractivity contribution in [3.05, 3.63) is 0 Å². The Kier molecular flexibility index (Phi) is 1.83. The van der Waals surface area contributed by atoms with Crippen LogP contribution < -0.4 is 11.5 Å². The third-order valence-corrected chi connectivity index (χ3v) is 2.38. The molecule has 2 atom stereocenters. The lowest BCUT2D eigenvalue weighted by atomic mass is 9.97. The summed E-state index contributed by atoms with van der Waals surface area (Å²) in [4.78, 5) is 0. The van der Waals surface area contributed by atoms with Crippen molar-refractivity contribution in [2.75, 3.05) is 0 Å². The predicted octanol–water partition coefficient (Wildman–Crippen LogP) is -0.994. The van der Waals surface area contributed by atoms with E-state index < -0.39 is 5.72 Å². The molecule has 68 valence electrons. The lowest BCUT2D eigenvalue weighted by Crippen LogP contribution is -2.47. The van der Waals surface area contributed by atoms with E-state index in [4.69, 9.17) is 11.5 Å². The largest absolute Gasteiger partial charge is 0.367 e. The molecule has 1 aliphatic rings. The molecule has 0 saturated carbocycles. The van der Waals surface area contributed by atoms with Crippen LogP contribution in [0.3, 0.4) is 0 Å². The SMILES string of the molecule is CC1=N[N+](=C(N)N)C(C)(O)C1C. The minimum absolute atomic E-state index is 0.0173. The highest BCUT2D eigenvalue weighted by Gasteiger charge is 2.43. The van der Waals surface area contributed by atoms with Crippen LogP contribution in [-0.2, 0) is 0 Å². The molecule has 0 amide bonds. The van der Waals surface area contributed by atoms with Crippen LogP contribution in [0.5, 0.6) is 0 Å². The van der Waals surface area contributed by atoms with E-state index in [1.165, 1.54) is 4.68 Å². The lowest BCUT2D eigenvalue weighted by Gasteiger charge is -2.20. The molecule has 0 radical (unpaired) electrons. The van der Waals surface area contributed by atoms with Gasteiger partial charge in [0.1, 0.15) is 0 Å². The first-order chi connectivity index (χ1) is 5.37. The van der Waals surface area contributed by atoms with Gasteiger partial charge in [-0.15, -0.1) is 9.79 Å². The summed E-state index contributed by atoms with van der Waals surface area (Å²) in [6, 6.07) is 0. The van der Waals surface area contributed by atoms with Gasteiger partial charge in [-0.05, 0) is 6.92 Å². The van der Waals surface area contributed by atoms with Crippen LogP contribution in [0.1, 0.15) is 20.8 Å². The maximum atomic E-state index is 9.89. The van der Waals surface area contributed by atoms with Crippen LogP contribution in [0.4, 0.5) is 0 Å². The van der Waals surface area contributed by atoms with Gasteiger partial charge in [0.2, 0.25) is 5.72 Å². The number of nitrogens with two attached hydrogens (primary N) is 2. The Hall–Kier alpha value is -1.10. The summed E-state index contributed by atoms with van der Waals surface area (Å²) in [6.45, 7) is 5.35. The smallest absolute Gasteiger partial charge is 0.357 e. The molecule has 0 fully saturated rings. The Morgan fingerprint density at radius 1 is 1.67 bits per heavy atom. The molecule has 0 spiro atoms. The Labute approximate surface area is 71.4 Å².